The molecule has 3 rings (SSSR count). The summed E-state index contributed by atoms with van der Waals surface area (Å²) >= 11 is 0. The van der Waals surface area contributed by atoms with Crippen LogP contribution in [-0.2, 0) is 19.4 Å². The number of hydrogen-bond acceptors (Lipinski definition) is 5. The molecule has 30 heavy (non-hydrogen) atoms. The zero-order chi connectivity index (χ0) is 22.3. The maximum absolute atomic E-state index is 14.5. The van der Waals surface area contributed by atoms with Gasteiger partial charge in [0, 0.05) is 11.8 Å². The van der Waals surface area contributed by atoms with Gasteiger partial charge < -0.3 is 4.74 Å². The molecule has 2 aromatic rings. The predicted molar refractivity (Wildman–Crippen MR) is 112 cm³/mol. The van der Waals surface area contributed by atoms with Gasteiger partial charge >= 0.3 is 0 Å². The Morgan fingerprint density at radius 1 is 1.03 bits per heavy atom. The van der Waals surface area contributed by atoms with Crippen molar-refractivity contribution >= 4 is 32.7 Å². The van der Waals surface area contributed by atoms with Crippen molar-refractivity contribution in [3.8, 4) is 0 Å². The quantitative estimate of drug-likeness (QED) is 0.633. The van der Waals surface area contributed by atoms with Gasteiger partial charge in [0.25, 0.3) is 0 Å². The molecular formula is C23H23FO5S. The summed E-state index contributed by atoms with van der Waals surface area (Å²) in [6.45, 7) is 4.96. The summed E-state index contributed by atoms with van der Waals surface area (Å²) in [5, 5.41) is 0. The van der Waals surface area contributed by atoms with Crippen LogP contribution < -0.4 is 0 Å². The molecule has 0 aromatic heterocycles. The number of Topliss-reactive ketones (excluding diaryl/α,β-unsaturated/α-hetero) is 2. The molecule has 0 unspecified atom stereocenters. The fourth-order valence-electron chi connectivity index (χ4n) is 3.61. The summed E-state index contributed by atoms with van der Waals surface area (Å²) in [6.07, 6.45) is 1.95. The zero-order valence-electron chi connectivity index (χ0n) is 17.3. The van der Waals surface area contributed by atoms with Crippen LogP contribution in [-0.4, -0.2) is 31.8 Å². The lowest BCUT2D eigenvalue weighted by molar-refractivity contribution is -0.128. The first kappa shape index (κ1) is 21.9. The third-order valence-electron chi connectivity index (χ3n) is 5.49. The summed E-state index contributed by atoms with van der Waals surface area (Å²) in [7, 11) is -3.38. The van der Waals surface area contributed by atoms with Crippen LogP contribution in [0.2, 0.25) is 0 Å². The van der Waals surface area contributed by atoms with E-state index in [1.165, 1.54) is 37.3 Å². The highest BCUT2D eigenvalue weighted by atomic mass is 32.2. The number of carbonyl (C=O) groups excluding carboxylic acids is 2. The van der Waals surface area contributed by atoms with Crippen LogP contribution in [0.1, 0.15) is 55.1 Å². The molecule has 158 valence electrons. The second kappa shape index (κ2) is 7.80. The highest BCUT2D eigenvalue weighted by Gasteiger charge is 2.47. The van der Waals surface area contributed by atoms with Crippen LogP contribution in [0.3, 0.4) is 0 Å². The molecule has 7 heteroatoms. The molecular weight excluding hydrogens is 407 g/mol. The molecule has 0 bridgehead atoms. The summed E-state index contributed by atoms with van der Waals surface area (Å²) in [5.41, 5.74) is -0.0727. The highest BCUT2D eigenvalue weighted by molar-refractivity contribution is 7.90. The van der Waals surface area contributed by atoms with E-state index >= 15 is 0 Å². The summed E-state index contributed by atoms with van der Waals surface area (Å²) in [4.78, 5) is 25.1. The normalized spacial score (nSPS) is 16.0. The van der Waals surface area contributed by atoms with Crippen molar-refractivity contribution in [2.24, 2.45) is 0 Å². The molecule has 0 aliphatic carbocycles. The van der Waals surface area contributed by atoms with Crippen molar-refractivity contribution < 1.29 is 27.1 Å². The van der Waals surface area contributed by atoms with Gasteiger partial charge in [0.15, 0.2) is 21.2 Å². The number of halogens is 1. The van der Waals surface area contributed by atoms with Crippen molar-refractivity contribution in [2.75, 3.05) is 6.26 Å². The maximum Gasteiger partial charge on any atom is 0.210 e. The molecule has 0 radical (unpaired) electrons. The van der Waals surface area contributed by atoms with Gasteiger partial charge in [0.2, 0.25) is 5.78 Å². The van der Waals surface area contributed by atoms with E-state index in [9.17, 15) is 22.4 Å². The van der Waals surface area contributed by atoms with Gasteiger partial charge in [-0.3, -0.25) is 9.59 Å². The van der Waals surface area contributed by atoms with Gasteiger partial charge in [0.05, 0.1) is 16.0 Å². The summed E-state index contributed by atoms with van der Waals surface area (Å²) < 4.78 is 44.1. The van der Waals surface area contributed by atoms with Gasteiger partial charge in [0.1, 0.15) is 11.6 Å². The SMILES string of the molecule is CCC1(CC)OC(c2ccc(S(C)(=O)=O)cc2)=C(c2ccc(C(C)=O)c(F)c2)C1=O. The number of carbonyl (C=O) groups is 2. The molecule has 5 nitrogen and oxygen atoms in total. The Bertz CT molecular complexity index is 1160. The smallest absolute Gasteiger partial charge is 0.210 e. The lowest BCUT2D eigenvalue weighted by atomic mass is 9.86. The third kappa shape index (κ3) is 3.69. The van der Waals surface area contributed by atoms with Crippen molar-refractivity contribution in [3.63, 3.8) is 0 Å². The number of hydrogen-bond donors (Lipinski definition) is 0. The average molecular weight is 430 g/mol. The molecule has 1 aliphatic rings. The van der Waals surface area contributed by atoms with Gasteiger partial charge in [-0.25, -0.2) is 12.8 Å². The van der Waals surface area contributed by atoms with Crippen LogP contribution in [0.15, 0.2) is 47.4 Å². The molecule has 0 N–H and O–H groups in total. The third-order valence-corrected chi connectivity index (χ3v) is 6.62. The molecule has 0 fully saturated rings. The van der Waals surface area contributed by atoms with Crippen molar-refractivity contribution in [1.82, 2.24) is 0 Å². The predicted octanol–water partition coefficient (Wildman–Crippen LogP) is 4.46. The molecule has 1 aliphatic heterocycles. The maximum atomic E-state index is 14.5. The lowest BCUT2D eigenvalue weighted by Crippen LogP contribution is -2.35. The Balaban J connectivity index is 2.21. The first-order valence-electron chi connectivity index (χ1n) is 9.63. The zero-order valence-corrected chi connectivity index (χ0v) is 18.1. The molecule has 0 saturated heterocycles. The van der Waals surface area contributed by atoms with E-state index in [2.05, 4.69) is 0 Å². The van der Waals surface area contributed by atoms with E-state index < -0.39 is 27.0 Å². The minimum Gasteiger partial charge on any atom is -0.478 e. The number of ketones is 2. The Hall–Kier alpha value is -2.80. The average Bonchev–Trinajstić information content (AvgIpc) is 3.00. The largest absolute Gasteiger partial charge is 0.478 e. The van der Waals surface area contributed by atoms with Crippen molar-refractivity contribution in [1.29, 1.82) is 0 Å². The van der Waals surface area contributed by atoms with Crippen LogP contribution in [0.25, 0.3) is 11.3 Å². The Kier molecular flexibility index (Phi) is 5.69. The number of benzene rings is 2. The molecule has 0 amide bonds. The van der Waals surface area contributed by atoms with E-state index in [0.717, 1.165) is 6.26 Å². The van der Waals surface area contributed by atoms with E-state index in [-0.39, 0.29) is 27.6 Å². The van der Waals surface area contributed by atoms with Crippen LogP contribution in [0, 0.1) is 5.82 Å². The fraction of sp³-hybridized carbons (Fsp3) is 0.304. The van der Waals surface area contributed by atoms with Crippen molar-refractivity contribution in [2.45, 2.75) is 44.1 Å². The molecule has 1 heterocycles. The van der Waals surface area contributed by atoms with E-state index in [1.54, 1.807) is 12.1 Å². The summed E-state index contributed by atoms with van der Waals surface area (Å²) in [6, 6.07) is 10.1. The Morgan fingerprint density at radius 2 is 1.60 bits per heavy atom. The standard InChI is InChI=1S/C23H23FO5S/c1-5-23(6-2)22(26)20(16-9-12-18(14(3)25)19(24)13-16)21(29-23)15-7-10-17(11-8-15)30(4,27)28/h7-13H,5-6H2,1-4H3. The number of sulfone groups is 1. The topological polar surface area (TPSA) is 77.5 Å². The fourth-order valence-corrected chi connectivity index (χ4v) is 4.24. The minimum absolute atomic E-state index is 0.0537. The molecule has 0 saturated carbocycles. The van der Waals surface area contributed by atoms with Gasteiger partial charge in [-0.2, -0.15) is 0 Å². The monoisotopic (exact) mass is 430 g/mol. The molecule has 2 aromatic carbocycles. The number of ether oxygens (including phenoxy) is 1. The number of rotatable bonds is 6. The summed E-state index contributed by atoms with van der Waals surface area (Å²) in [5.74, 6) is -1.10. The molecule has 0 atom stereocenters. The van der Waals surface area contributed by atoms with E-state index in [0.29, 0.717) is 24.0 Å². The van der Waals surface area contributed by atoms with Gasteiger partial charge in [-0.05, 0) is 61.7 Å². The van der Waals surface area contributed by atoms with Crippen LogP contribution in [0.5, 0.6) is 0 Å². The minimum atomic E-state index is -3.38. The van der Waals surface area contributed by atoms with Gasteiger partial charge in [-0.1, -0.05) is 19.9 Å². The first-order chi connectivity index (χ1) is 14.0. The highest BCUT2D eigenvalue weighted by Crippen LogP contribution is 2.44. The Labute approximate surface area is 175 Å². The van der Waals surface area contributed by atoms with Crippen molar-refractivity contribution in [3.05, 3.63) is 65.0 Å². The van der Waals surface area contributed by atoms with Crippen LogP contribution >= 0.6 is 0 Å². The van der Waals surface area contributed by atoms with Gasteiger partial charge in [-0.15, -0.1) is 0 Å². The van der Waals surface area contributed by atoms with E-state index in [1.807, 2.05) is 13.8 Å². The molecule has 0 spiro atoms. The van der Waals surface area contributed by atoms with Crippen LogP contribution in [0.4, 0.5) is 4.39 Å². The van der Waals surface area contributed by atoms with E-state index in [4.69, 9.17) is 4.74 Å². The second-order valence-corrected chi connectivity index (χ2v) is 9.40. The lowest BCUT2D eigenvalue weighted by Gasteiger charge is -2.25. The Morgan fingerprint density at radius 3 is 2.07 bits per heavy atom. The first-order valence-corrected chi connectivity index (χ1v) is 11.5. The second-order valence-electron chi connectivity index (χ2n) is 7.38.